The third-order valence-corrected chi connectivity index (χ3v) is 3.73. The van der Waals surface area contributed by atoms with Gasteiger partial charge in [0.15, 0.2) is 0 Å². The van der Waals surface area contributed by atoms with Crippen molar-refractivity contribution in [1.82, 2.24) is 5.06 Å². The van der Waals surface area contributed by atoms with E-state index >= 15 is 0 Å². The second-order valence-electron chi connectivity index (χ2n) is 4.99. The lowest BCUT2D eigenvalue weighted by atomic mass is 10.1. The molecule has 0 saturated carbocycles. The Morgan fingerprint density at radius 2 is 1.48 bits per heavy atom. The fraction of sp³-hybridized carbons (Fsp3) is 0.118. The lowest BCUT2D eigenvalue weighted by Crippen LogP contribution is -2.33. The molecule has 1 aliphatic rings. The summed E-state index contributed by atoms with van der Waals surface area (Å²) in [7, 11) is 2.82. The van der Waals surface area contributed by atoms with E-state index in [0.29, 0.717) is 11.1 Å². The molecule has 6 nitrogen and oxygen atoms in total. The van der Waals surface area contributed by atoms with E-state index in [1.54, 1.807) is 48.5 Å². The van der Waals surface area contributed by atoms with Crippen molar-refractivity contribution in [2.75, 3.05) is 19.1 Å². The molecule has 0 fully saturated rings. The molecule has 0 atom stereocenters. The average Bonchev–Trinajstić information content (AvgIpc) is 2.85. The number of carbonyl (C=O) groups excluding carboxylic acids is 3. The van der Waals surface area contributed by atoms with E-state index in [9.17, 15) is 14.4 Å². The van der Waals surface area contributed by atoms with Crippen molar-refractivity contribution in [3.63, 3.8) is 0 Å². The van der Waals surface area contributed by atoms with Gasteiger partial charge in [-0.25, -0.2) is 9.96 Å². The molecule has 1 aliphatic heterocycles. The highest BCUT2D eigenvalue weighted by Crippen LogP contribution is 2.31. The van der Waals surface area contributed by atoms with Crippen LogP contribution in [0.5, 0.6) is 0 Å². The summed E-state index contributed by atoms with van der Waals surface area (Å²) >= 11 is 0. The molecule has 0 aliphatic carbocycles. The normalized spacial score (nSPS) is 13.2. The van der Waals surface area contributed by atoms with Crippen molar-refractivity contribution in [3.05, 3.63) is 65.2 Å². The lowest BCUT2D eigenvalue weighted by Gasteiger charge is -2.20. The van der Waals surface area contributed by atoms with Gasteiger partial charge in [-0.2, -0.15) is 0 Å². The van der Waals surface area contributed by atoms with E-state index < -0.39 is 17.7 Å². The largest absolute Gasteiger partial charge is 0.279 e. The summed E-state index contributed by atoms with van der Waals surface area (Å²) in [6.07, 6.45) is 0. The minimum Gasteiger partial charge on any atom is -0.274 e. The summed E-state index contributed by atoms with van der Waals surface area (Å²) in [6, 6.07) is 13.0. The molecule has 0 bridgehead atoms. The molecule has 0 saturated heterocycles. The molecule has 23 heavy (non-hydrogen) atoms. The van der Waals surface area contributed by atoms with Crippen LogP contribution in [0.15, 0.2) is 48.5 Å². The van der Waals surface area contributed by atoms with Gasteiger partial charge in [-0.1, -0.05) is 24.3 Å². The molecule has 3 rings (SSSR count). The standard InChI is InChI=1S/C17H14N2O4/c1-18(23-2)15(20)13-9-5-6-10-14(13)19-16(21)11-7-3-4-8-12(11)17(19)22/h3-10H,1-2H3. The van der Waals surface area contributed by atoms with E-state index in [1.165, 1.54) is 14.2 Å². The number of amides is 3. The van der Waals surface area contributed by atoms with Gasteiger partial charge in [0, 0.05) is 7.05 Å². The Bertz CT molecular complexity index is 781. The lowest BCUT2D eigenvalue weighted by molar-refractivity contribution is -0.0756. The van der Waals surface area contributed by atoms with Crippen LogP contribution in [0.1, 0.15) is 31.1 Å². The van der Waals surface area contributed by atoms with Crippen LogP contribution >= 0.6 is 0 Å². The number of hydrogen-bond donors (Lipinski definition) is 0. The van der Waals surface area contributed by atoms with Crippen molar-refractivity contribution in [2.45, 2.75) is 0 Å². The molecule has 2 aromatic carbocycles. The Hall–Kier alpha value is -2.99. The van der Waals surface area contributed by atoms with Crippen LogP contribution in [0.25, 0.3) is 0 Å². The number of hydroxylamine groups is 2. The average molecular weight is 310 g/mol. The zero-order chi connectivity index (χ0) is 16.6. The highest BCUT2D eigenvalue weighted by atomic mass is 16.7. The topological polar surface area (TPSA) is 66.9 Å². The van der Waals surface area contributed by atoms with Crippen molar-refractivity contribution in [2.24, 2.45) is 0 Å². The number of carbonyl (C=O) groups is 3. The van der Waals surface area contributed by atoms with E-state index in [0.717, 1.165) is 9.96 Å². The van der Waals surface area contributed by atoms with Crippen molar-refractivity contribution in [3.8, 4) is 0 Å². The van der Waals surface area contributed by atoms with Crippen molar-refractivity contribution in [1.29, 1.82) is 0 Å². The van der Waals surface area contributed by atoms with Gasteiger partial charge in [0.05, 0.1) is 29.5 Å². The molecule has 0 aromatic heterocycles. The monoisotopic (exact) mass is 310 g/mol. The number of hydrogen-bond acceptors (Lipinski definition) is 4. The summed E-state index contributed by atoms with van der Waals surface area (Å²) in [6.45, 7) is 0. The third-order valence-electron chi connectivity index (χ3n) is 3.73. The quantitative estimate of drug-likeness (QED) is 0.643. The van der Waals surface area contributed by atoms with Gasteiger partial charge in [0.25, 0.3) is 17.7 Å². The number of para-hydroxylation sites is 1. The smallest absolute Gasteiger partial charge is 0.274 e. The Morgan fingerprint density at radius 1 is 0.957 bits per heavy atom. The first-order chi connectivity index (χ1) is 11.1. The molecule has 2 aromatic rings. The summed E-state index contributed by atoms with van der Waals surface area (Å²) < 4.78 is 0. The van der Waals surface area contributed by atoms with E-state index in [4.69, 9.17) is 4.84 Å². The Kier molecular flexibility index (Phi) is 3.67. The molecule has 0 N–H and O–H groups in total. The fourth-order valence-electron chi connectivity index (χ4n) is 2.51. The van der Waals surface area contributed by atoms with Crippen LogP contribution in [-0.2, 0) is 4.84 Å². The maximum absolute atomic E-state index is 12.6. The van der Waals surface area contributed by atoms with E-state index in [2.05, 4.69) is 0 Å². The van der Waals surface area contributed by atoms with Crippen LogP contribution in [0.4, 0.5) is 5.69 Å². The minimum atomic E-state index is -0.445. The van der Waals surface area contributed by atoms with Gasteiger partial charge >= 0.3 is 0 Å². The summed E-state index contributed by atoms with van der Waals surface area (Å²) in [5.41, 5.74) is 1.12. The molecule has 116 valence electrons. The molecule has 3 amide bonds. The Morgan fingerprint density at radius 3 is 2.04 bits per heavy atom. The number of rotatable bonds is 3. The Labute approximate surface area is 132 Å². The first-order valence-electron chi connectivity index (χ1n) is 6.95. The maximum Gasteiger partial charge on any atom is 0.279 e. The zero-order valence-corrected chi connectivity index (χ0v) is 12.6. The zero-order valence-electron chi connectivity index (χ0n) is 12.6. The van der Waals surface area contributed by atoms with Gasteiger partial charge in [-0.15, -0.1) is 0 Å². The molecule has 0 radical (unpaired) electrons. The van der Waals surface area contributed by atoms with Crippen LogP contribution in [-0.4, -0.2) is 36.9 Å². The SMILES string of the molecule is CON(C)C(=O)c1ccccc1N1C(=O)c2ccccc2C1=O. The predicted molar refractivity (Wildman–Crippen MR) is 83.1 cm³/mol. The van der Waals surface area contributed by atoms with E-state index in [-0.39, 0.29) is 11.3 Å². The summed E-state index contributed by atoms with van der Waals surface area (Å²) in [5, 5.41) is 1.04. The van der Waals surface area contributed by atoms with Crippen LogP contribution in [0.2, 0.25) is 0 Å². The highest BCUT2D eigenvalue weighted by Gasteiger charge is 2.38. The van der Waals surface area contributed by atoms with Gasteiger partial charge < -0.3 is 0 Å². The van der Waals surface area contributed by atoms with Gasteiger partial charge in [-0.05, 0) is 24.3 Å². The third kappa shape index (κ3) is 2.29. The van der Waals surface area contributed by atoms with E-state index in [1.807, 2.05) is 0 Å². The summed E-state index contributed by atoms with van der Waals surface area (Å²) in [4.78, 5) is 43.5. The Balaban J connectivity index is 2.10. The first kappa shape index (κ1) is 14.9. The molecule has 1 heterocycles. The predicted octanol–water partition coefficient (Wildman–Crippen LogP) is 2.12. The second kappa shape index (κ2) is 5.66. The number of imide groups is 1. The molecular formula is C17H14N2O4. The number of benzene rings is 2. The molecule has 0 unspecified atom stereocenters. The highest BCUT2D eigenvalue weighted by molar-refractivity contribution is 6.35. The number of fused-ring (bicyclic) bond motifs is 1. The number of nitrogens with zero attached hydrogens (tertiary/aromatic N) is 2. The number of anilines is 1. The van der Waals surface area contributed by atoms with Crippen LogP contribution in [0.3, 0.4) is 0 Å². The minimum absolute atomic E-state index is 0.214. The van der Waals surface area contributed by atoms with Gasteiger partial charge in [0.1, 0.15) is 0 Å². The van der Waals surface area contributed by atoms with Gasteiger partial charge in [0.2, 0.25) is 0 Å². The molecular weight excluding hydrogens is 296 g/mol. The fourth-order valence-corrected chi connectivity index (χ4v) is 2.51. The van der Waals surface area contributed by atoms with Crippen molar-refractivity contribution >= 4 is 23.4 Å². The summed E-state index contributed by atoms with van der Waals surface area (Å²) in [5.74, 6) is -1.32. The van der Waals surface area contributed by atoms with Crippen molar-refractivity contribution < 1.29 is 19.2 Å². The maximum atomic E-state index is 12.6. The second-order valence-corrected chi connectivity index (χ2v) is 4.99. The first-order valence-corrected chi connectivity index (χ1v) is 6.95. The van der Waals surface area contributed by atoms with Crippen LogP contribution in [0, 0.1) is 0 Å². The van der Waals surface area contributed by atoms with Crippen LogP contribution < -0.4 is 4.90 Å². The molecule has 0 spiro atoms. The molecule has 6 heteroatoms. The van der Waals surface area contributed by atoms with Gasteiger partial charge in [-0.3, -0.25) is 19.2 Å².